The molecule has 1 aliphatic heterocycles. The highest BCUT2D eigenvalue weighted by molar-refractivity contribution is 5.88. The monoisotopic (exact) mass is 358 g/mol. The molecule has 1 aromatic carbocycles. The van der Waals surface area contributed by atoms with Crippen LogP contribution < -0.4 is 16.1 Å². The molecule has 1 unspecified atom stereocenters. The number of nitrogens with two attached hydrogens (primary N) is 1. The van der Waals surface area contributed by atoms with Crippen LogP contribution in [-0.4, -0.2) is 37.0 Å². The molecule has 1 amide bonds. The lowest BCUT2D eigenvalue weighted by molar-refractivity contribution is -0.135. The van der Waals surface area contributed by atoms with Gasteiger partial charge < -0.3 is 19.8 Å². The number of hydrogen-bond donors (Lipinski definition) is 1. The first-order valence-corrected chi connectivity index (χ1v) is 9.19. The minimum atomic E-state index is -0.372. The van der Waals surface area contributed by atoms with Crippen LogP contribution in [0.3, 0.4) is 0 Å². The molecule has 0 bridgehead atoms. The summed E-state index contributed by atoms with van der Waals surface area (Å²) in [6.07, 6.45) is 2.73. The van der Waals surface area contributed by atoms with Gasteiger partial charge in [-0.3, -0.25) is 4.79 Å². The average molecular weight is 358 g/mol. The number of fused-ring (bicyclic) bond motifs is 1. The molecule has 0 aliphatic carbocycles. The summed E-state index contributed by atoms with van der Waals surface area (Å²) in [4.78, 5) is 26.1. The maximum Gasteiger partial charge on any atom is 0.336 e. The van der Waals surface area contributed by atoms with E-state index in [1.165, 1.54) is 6.07 Å². The van der Waals surface area contributed by atoms with E-state index < -0.39 is 0 Å². The molecule has 1 atom stereocenters. The SMILES string of the molecule is CCc1cc(=O)oc2cc(C)cc(OCC(=O)N3CCCC(CN)C3)c12. The first-order chi connectivity index (χ1) is 12.5. The van der Waals surface area contributed by atoms with Crippen molar-refractivity contribution in [2.24, 2.45) is 11.7 Å². The Morgan fingerprint density at radius 2 is 2.19 bits per heavy atom. The van der Waals surface area contributed by atoms with E-state index in [1.807, 2.05) is 30.9 Å². The number of nitrogens with zero attached hydrogens (tertiary/aromatic N) is 1. The Morgan fingerprint density at radius 3 is 2.92 bits per heavy atom. The van der Waals surface area contributed by atoms with Crippen molar-refractivity contribution in [3.05, 3.63) is 39.7 Å². The lowest BCUT2D eigenvalue weighted by Gasteiger charge is -2.32. The Morgan fingerprint density at radius 1 is 1.38 bits per heavy atom. The third kappa shape index (κ3) is 3.90. The van der Waals surface area contributed by atoms with Gasteiger partial charge in [-0.15, -0.1) is 0 Å². The van der Waals surface area contributed by atoms with Gasteiger partial charge in [-0.2, -0.15) is 0 Å². The first kappa shape index (κ1) is 18.5. The van der Waals surface area contributed by atoms with Crippen molar-refractivity contribution in [3.8, 4) is 5.75 Å². The van der Waals surface area contributed by atoms with Gasteiger partial charge in [-0.1, -0.05) is 6.92 Å². The van der Waals surface area contributed by atoms with E-state index in [-0.39, 0.29) is 18.1 Å². The van der Waals surface area contributed by atoms with Crippen molar-refractivity contribution in [3.63, 3.8) is 0 Å². The van der Waals surface area contributed by atoms with Crippen LogP contribution in [0, 0.1) is 12.8 Å². The number of ether oxygens (including phenoxy) is 1. The van der Waals surface area contributed by atoms with E-state index in [2.05, 4.69) is 0 Å². The van der Waals surface area contributed by atoms with Crippen LogP contribution in [0.4, 0.5) is 0 Å². The molecule has 2 aromatic rings. The molecular weight excluding hydrogens is 332 g/mol. The summed E-state index contributed by atoms with van der Waals surface area (Å²) in [7, 11) is 0. The molecule has 2 heterocycles. The number of carbonyl (C=O) groups excluding carboxylic acids is 1. The van der Waals surface area contributed by atoms with Crippen molar-refractivity contribution in [2.75, 3.05) is 26.2 Å². The predicted octanol–water partition coefficient (Wildman–Crippen LogP) is 2.24. The first-order valence-electron chi connectivity index (χ1n) is 9.19. The van der Waals surface area contributed by atoms with E-state index in [4.69, 9.17) is 14.9 Å². The molecule has 6 heteroatoms. The van der Waals surface area contributed by atoms with Crippen molar-refractivity contribution in [1.82, 2.24) is 4.90 Å². The largest absolute Gasteiger partial charge is 0.483 e. The second-order valence-electron chi connectivity index (χ2n) is 6.95. The molecule has 26 heavy (non-hydrogen) atoms. The van der Waals surface area contributed by atoms with Gasteiger partial charge in [0.25, 0.3) is 5.91 Å². The van der Waals surface area contributed by atoms with Crippen LogP contribution >= 0.6 is 0 Å². The number of carbonyl (C=O) groups is 1. The van der Waals surface area contributed by atoms with Crippen LogP contribution in [0.25, 0.3) is 11.0 Å². The average Bonchev–Trinajstić information content (AvgIpc) is 2.64. The quantitative estimate of drug-likeness (QED) is 0.829. The predicted molar refractivity (Wildman–Crippen MR) is 100 cm³/mol. The highest BCUT2D eigenvalue weighted by Crippen LogP contribution is 2.30. The number of piperidine rings is 1. The molecular formula is C20H26N2O4. The molecule has 0 saturated carbocycles. The third-order valence-electron chi connectivity index (χ3n) is 4.97. The summed E-state index contributed by atoms with van der Waals surface area (Å²) in [6.45, 7) is 5.90. The highest BCUT2D eigenvalue weighted by Gasteiger charge is 2.23. The van der Waals surface area contributed by atoms with Gasteiger partial charge in [0.05, 0.1) is 5.39 Å². The van der Waals surface area contributed by atoms with Gasteiger partial charge in [-0.05, 0) is 61.9 Å². The number of amides is 1. The lowest BCUT2D eigenvalue weighted by Crippen LogP contribution is -2.44. The second-order valence-corrected chi connectivity index (χ2v) is 6.95. The van der Waals surface area contributed by atoms with Gasteiger partial charge in [0.2, 0.25) is 0 Å². The molecule has 1 saturated heterocycles. The number of rotatable bonds is 5. The van der Waals surface area contributed by atoms with Crippen LogP contribution in [0.5, 0.6) is 5.75 Å². The highest BCUT2D eigenvalue weighted by atomic mass is 16.5. The summed E-state index contributed by atoms with van der Waals surface area (Å²) in [5.74, 6) is 0.919. The Labute approximate surface area is 152 Å². The van der Waals surface area contributed by atoms with Crippen molar-refractivity contribution in [2.45, 2.75) is 33.1 Å². The normalized spacial score (nSPS) is 17.5. The molecule has 1 aromatic heterocycles. The molecule has 0 spiro atoms. The lowest BCUT2D eigenvalue weighted by atomic mass is 9.98. The standard InChI is InChI=1S/C20H26N2O4/c1-3-15-9-19(24)26-17-8-13(2)7-16(20(15)17)25-12-18(23)22-6-4-5-14(10-21)11-22/h7-9,14H,3-6,10-12,21H2,1-2H3. The minimum absolute atomic E-state index is 0.0296. The molecule has 140 valence electrons. The summed E-state index contributed by atoms with van der Waals surface area (Å²) in [5, 5.41) is 0.768. The van der Waals surface area contributed by atoms with E-state index in [0.29, 0.717) is 36.8 Å². The van der Waals surface area contributed by atoms with Crippen LogP contribution in [-0.2, 0) is 11.2 Å². The number of likely N-dealkylation sites (tertiary alicyclic amines) is 1. The van der Waals surface area contributed by atoms with Gasteiger partial charge in [0.1, 0.15) is 11.3 Å². The zero-order chi connectivity index (χ0) is 18.7. The summed E-state index contributed by atoms with van der Waals surface area (Å²) in [5.41, 5.74) is 7.65. The fourth-order valence-corrected chi connectivity index (χ4v) is 3.58. The Kier molecular flexibility index (Phi) is 5.61. The third-order valence-corrected chi connectivity index (χ3v) is 4.97. The minimum Gasteiger partial charge on any atom is -0.483 e. The summed E-state index contributed by atoms with van der Waals surface area (Å²) >= 11 is 0. The van der Waals surface area contributed by atoms with Crippen LogP contribution in [0.1, 0.15) is 30.9 Å². The maximum atomic E-state index is 12.5. The van der Waals surface area contributed by atoms with E-state index in [0.717, 1.165) is 35.9 Å². The number of benzene rings is 1. The zero-order valence-electron chi connectivity index (χ0n) is 15.4. The van der Waals surface area contributed by atoms with Crippen molar-refractivity contribution < 1.29 is 13.9 Å². The molecule has 1 fully saturated rings. The van der Waals surface area contributed by atoms with Gasteiger partial charge >= 0.3 is 5.63 Å². The van der Waals surface area contributed by atoms with E-state index >= 15 is 0 Å². The number of aryl methyl sites for hydroxylation is 2. The van der Waals surface area contributed by atoms with Gasteiger partial charge in [-0.25, -0.2) is 4.79 Å². The fraction of sp³-hybridized carbons (Fsp3) is 0.500. The van der Waals surface area contributed by atoms with E-state index in [9.17, 15) is 9.59 Å². The second kappa shape index (κ2) is 7.91. The summed E-state index contributed by atoms with van der Waals surface area (Å²) in [6, 6.07) is 5.19. The molecule has 1 aliphatic rings. The molecule has 6 nitrogen and oxygen atoms in total. The van der Waals surface area contributed by atoms with Gasteiger partial charge in [0.15, 0.2) is 6.61 Å². The topological polar surface area (TPSA) is 85.8 Å². The Balaban J connectivity index is 1.82. The Bertz CT molecular complexity index is 859. The zero-order valence-corrected chi connectivity index (χ0v) is 15.4. The molecule has 0 radical (unpaired) electrons. The van der Waals surface area contributed by atoms with Crippen molar-refractivity contribution in [1.29, 1.82) is 0 Å². The fourth-order valence-electron chi connectivity index (χ4n) is 3.58. The molecule has 2 N–H and O–H groups in total. The van der Waals surface area contributed by atoms with Crippen molar-refractivity contribution >= 4 is 16.9 Å². The van der Waals surface area contributed by atoms with Crippen LogP contribution in [0.15, 0.2) is 27.4 Å². The molecule has 3 rings (SSSR count). The van der Waals surface area contributed by atoms with Gasteiger partial charge in [0, 0.05) is 19.2 Å². The maximum absolute atomic E-state index is 12.5. The smallest absolute Gasteiger partial charge is 0.336 e. The van der Waals surface area contributed by atoms with E-state index in [1.54, 1.807) is 0 Å². The van der Waals surface area contributed by atoms with Crippen LogP contribution in [0.2, 0.25) is 0 Å². The Hall–Kier alpha value is -2.34. The summed E-state index contributed by atoms with van der Waals surface area (Å²) < 4.78 is 11.2. The number of hydrogen-bond acceptors (Lipinski definition) is 5.